The van der Waals surface area contributed by atoms with Crippen LogP contribution in [0.5, 0.6) is 5.75 Å². The SMILES string of the molecule is CCOC(COc1ccc(C)cc1)C(=O)O. The number of aryl methyl sites for hydroxylation is 1. The standard InChI is InChI=1S/C12H16O4/c1-3-15-11(12(13)14)8-16-10-6-4-9(2)5-7-10/h4-7,11H,3,8H2,1-2H3,(H,13,14). The normalized spacial score (nSPS) is 12.1. The van der Waals surface area contributed by atoms with Crippen LogP contribution in [0.1, 0.15) is 12.5 Å². The van der Waals surface area contributed by atoms with Crippen molar-refractivity contribution in [2.45, 2.75) is 20.0 Å². The highest BCUT2D eigenvalue weighted by molar-refractivity contribution is 5.72. The number of hydrogen-bond acceptors (Lipinski definition) is 3. The maximum atomic E-state index is 10.8. The number of carboxylic acid groups (broad SMARTS) is 1. The molecule has 0 fully saturated rings. The first-order valence-electron chi connectivity index (χ1n) is 5.17. The third kappa shape index (κ3) is 3.90. The van der Waals surface area contributed by atoms with Crippen LogP contribution in [0.4, 0.5) is 0 Å². The van der Waals surface area contributed by atoms with E-state index >= 15 is 0 Å². The van der Waals surface area contributed by atoms with Crippen LogP contribution >= 0.6 is 0 Å². The molecule has 1 aromatic carbocycles. The number of benzene rings is 1. The van der Waals surface area contributed by atoms with Crippen molar-refractivity contribution in [3.05, 3.63) is 29.8 Å². The summed E-state index contributed by atoms with van der Waals surface area (Å²) in [7, 11) is 0. The maximum absolute atomic E-state index is 10.8. The molecule has 0 saturated heterocycles. The Bertz CT molecular complexity index is 331. The summed E-state index contributed by atoms with van der Waals surface area (Å²) in [4.78, 5) is 10.8. The summed E-state index contributed by atoms with van der Waals surface area (Å²) < 4.78 is 10.4. The highest BCUT2D eigenvalue weighted by Crippen LogP contribution is 2.12. The van der Waals surface area contributed by atoms with Crippen LogP contribution in [0, 0.1) is 6.92 Å². The largest absolute Gasteiger partial charge is 0.490 e. The fourth-order valence-corrected chi connectivity index (χ4v) is 1.20. The van der Waals surface area contributed by atoms with E-state index in [0.717, 1.165) is 5.56 Å². The molecule has 1 unspecified atom stereocenters. The molecule has 0 spiro atoms. The molecule has 0 bridgehead atoms. The van der Waals surface area contributed by atoms with E-state index in [1.807, 2.05) is 19.1 Å². The number of carboxylic acids is 1. The quantitative estimate of drug-likeness (QED) is 0.801. The van der Waals surface area contributed by atoms with E-state index in [0.29, 0.717) is 12.4 Å². The minimum Gasteiger partial charge on any atom is -0.490 e. The average molecular weight is 224 g/mol. The first-order valence-corrected chi connectivity index (χ1v) is 5.17. The van der Waals surface area contributed by atoms with Crippen molar-refractivity contribution in [1.29, 1.82) is 0 Å². The van der Waals surface area contributed by atoms with Crippen molar-refractivity contribution in [3.8, 4) is 5.75 Å². The average Bonchev–Trinajstić information content (AvgIpc) is 2.26. The van der Waals surface area contributed by atoms with Crippen molar-refractivity contribution in [1.82, 2.24) is 0 Å². The van der Waals surface area contributed by atoms with Crippen LogP contribution in [0.2, 0.25) is 0 Å². The van der Waals surface area contributed by atoms with Gasteiger partial charge in [-0.2, -0.15) is 0 Å². The molecule has 0 aliphatic rings. The molecule has 1 atom stereocenters. The van der Waals surface area contributed by atoms with Crippen LogP contribution < -0.4 is 4.74 Å². The Morgan fingerprint density at radius 3 is 2.50 bits per heavy atom. The van der Waals surface area contributed by atoms with Crippen molar-refractivity contribution in [2.24, 2.45) is 0 Å². The second-order valence-corrected chi connectivity index (χ2v) is 3.41. The molecule has 1 rings (SSSR count). The number of aliphatic carboxylic acids is 1. The van der Waals surface area contributed by atoms with Crippen LogP contribution in [-0.4, -0.2) is 30.4 Å². The summed E-state index contributed by atoms with van der Waals surface area (Å²) in [6.07, 6.45) is -0.911. The minimum atomic E-state index is -1.01. The summed E-state index contributed by atoms with van der Waals surface area (Å²) in [5, 5.41) is 8.82. The van der Waals surface area contributed by atoms with Gasteiger partial charge in [-0.15, -0.1) is 0 Å². The molecule has 88 valence electrons. The fourth-order valence-electron chi connectivity index (χ4n) is 1.20. The zero-order valence-corrected chi connectivity index (χ0v) is 9.47. The molecule has 0 heterocycles. The van der Waals surface area contributed by atoms with Crippen LogP contribution in [0.25, 0.3) is 0 Å². The molecule has 4 heteroatoms. The van der Waals surface area contributed by atoms with E-state index < -0.39 is 12.1 Å². The summed E-state index contributed by atoms with van der Waals surface area (Å²) in [6.45, 7) is 4.10. The van der Waals surface area contributed by atoms with Gasteiger partial charge in [0.15, 0.2) is 6.10 Å². The zero-order chi connectivity index (χ0) is 12.0. The number of carbonyl (C=O) groups is 1. The lowest BCUT2D eigenvalue weighted by atomic mass is 10.2. The van der Waals surface area contributed by atoms with Gasteiger partial charge in [0.25, 0.3) is 0 Å². The van der Waals surface area contributed by atoms with Gasteiger partial charge in [-0.3, -0.25) is 0 Å². The second-order valence-electron chi connectivity index (χ2n) is 3.41. The lowest BCUT2D eigenvalue weighted by molar-refractivity contribution is -0.152. The fraction of sp³-hybridized carbons (Fsp3) is 0.417. The van der Waals surface area contributed by atoms with Crippen molar-refractivity contribution >= 4 is 5.97 Å². The lowest BCUT2D eigenvalue weighted by Gasteiger charge is -2.13. The Morgan fingerprint density at radius 1 is 1.38 bits per heavy atom. The Kier molecular flexibility index (Phi) is 4.79. The first-order chi connectivity index (χ1) is 7.63. The van der Waals surface area contributed by atoms with Gasteiger partial charge in [-0.05, 0) is 26.0 Å². The summed E-state index contributed by atoms with van der Waals surface area (Å²) in [5.74, 6) is -0.356. The van der Waals surface area contributed by atoms with Crippen molar-refractivity contribution in [3.63, 3.8) is 0 Å². The number of hydrogen-bond donors (Lipinski definition) is 1. The summed E-state index contributed by atoms with van der Waals surface area (Å²) >= 11 is 0. The van der Waals surface area contributed by atoms with E-state index in [1.54, 1.807) is 19.1 Å². The van der Waals surface area contributed by atoms with Gasteiger partial charge >= 0.3 is 5.97 Å². The van der Waals surface area contributed by atoms with Crippen LogP contribution in [-0.2, 0) is 9.53 Å². The summed E-state index contributed by atoms with van der Waals surface area (Å²) in [6, 6.07) is 7.43. The molecule has 0 radical (unpaired) electrons. The van der Waals surface area contributed by atoms with Gasteiger partial charge in [0.05, 0.1) is 0 Å². The minimum absolute atomic E-state index is 0.0201. The Labute approximate surface area is 94.8 Å². The van der Waals surface area contributed by atoms with Gasteiger partial charge in [-0.25, -0.2) is 4.79 Å². The zero-order valence-electron chi connectivity index (χ0n) is 9.47. The van der Waals surface area contributed by atoms with Crippen molar-refractivity contribution < 1.29 is 19.4 Å². The topological polar surface area (TPSA) is 55.8 Å². The monoisotopic (exact) mass is 224 g/mol. The predicted molar refractivity (Wildman–Crippen MR) is 59.7 cm³/mol. The Balaban J connectivity index is 2.48. The molecular weight excluding hydrogens is 208 g/mol. The van der Waals surface area contributed by atoms with Crippen molar-refractivity contribution in [2.75, 3.05) is 13.2 Å². The van der Waals surface area contributed by atoms with Gasteiger partial charge in [0.1, 0.15) is 12.4 Å². The smallest absolute Gasteiger partial charge is 0.336 e. The van der Waals surface area contributed by atoms with E-state index in [1.165, 1.54) is 0 Å². The molecular formula is C12H16O4. The van der Waals surface area contributed by atoms with Gasteiger partial charge in [0, 0.05) is 6.61 Å². The molecule has 0 aromatic heterocycles. The molecule has 0 saturated carbocycles. The van der Waals surface area contributed by atoms with Crippen LogP contribution in [0.15, 0.2) is 24.3 Å². The predicted octanol–water partition coefficient (Wildman–Crippen LogP) is 1.86. The van der Waals surface area contributed by atoms with E-state index in [2.05, 4.69) is 0 Å². The molecule has 1 N–H and O–H groups in total. The van der Waals surface area contributed by atoms with E-state index in [4.69, 9.17) is 14.6 Å². The number of rotatable bonds is 6. The third-order valence-corrected chi connectivity index (χ3v) is 2.07. The van der Waals surface area contributed by atoms with Crippen LogP contribution in [0.3, 0.4) is 0 Å². The first kappa shape index (κ1) is 12.5. The lowest BCUT2D eigenvalue weighted by Crippen LogP contribution is -2.30. The molecule has 0 aliphatic heterocycles. The van der Waals surface area contributed by atoms with E-state index in [-0.39, 0.29) is 6.61 Å². The van der Waals surface area contributed by atoms with Gasteiger partial charge in [0.2, 0.25) is 0 Å². The molecule has 16 heavy (non-hydrogen) atoms. The molecule has 4 nitrogen and oxygen atoms in total. The Morgan fingerprint density at radius 2 is 2.00 bits per heavy atom. The molecule has 1 aromatic rings. The Hall–Kier alpha value is -1.55. The van der Waals surface area contributed by atoms with Gasteiger partial charge in [-0.1, -0.05) is 17.7 Å². The third-order valence-electron chi connectivity index (χ3n) is 2.07. The highest BCUT2D eigenvalue weighted by Gasteiger charge is 2.17. The second kappa shape index (κ2) is 6.12. The highest BCUT2D eigenvalue weighted by atomic mass is 16.5. The maximum Gasteiger partial charge on any atom is 0.336 e. The molecule has 0 amide bonds. The molecule has 0 aliphatic carbocycles. The number of ether oxygens (including phenoxy) is 2. The van der Waals surface area contributed by atoms with Gasteiger partial charge < -0.3 is 14.6 Å². The summed E-state index contributed by atoms with van der Waals surface area (Å²) in [5.41, 5.74) is 1.13. The van der Waals surface area contributed by atoms with E-state index in [9.17, 15) is 4.79 Å².